The van der Waals surface area contributed by atoms with E-state index in [9.17, 15) is 13.4 Å². The van der Waals surface area contributed by atoms with E-state index in [1.807, 2.05) is 0 Å². The maximum absolute atomic E-state index is 14.0. The summed E-state index contributed by atoms with van der Waals surface area (Å²) in [6, 6.07) is 3.85. The first-order valence-corrected chi connectivity index (χ1v) is 8.33. The molecule has 0 unspecified atom stereocenters. The molecular formula is C14H18FN3O3S. The summed E-state index contributed by atoms with van der Waals surface area (Å²) >= 11 is 0. The van der Waals surface area contributed by atoms with Crippen molar-refractivity contribution in [3.8, 4) is 6.19 Å². The Morgan fingerprint density at radius 1 is 1.50 bits per heavy atom. The molecule has 1 atom stereocenters. The zero-order chi connectivity index (χ0) is 17.0. The molecule has 1 amide bonds. The van der Waals surface area contributed by atoms with Crippen LogP contribution in [0.5, 0.6) is 0 Å². The summed E-state index contributed by atoms with van der Waals surface area (Å²) in [4.78, 5) is 11.6. The topological polar surface area (TPSA) is 91.5 Å². The van der Waals surface area contributed by atoms with Crippen molar-refractivity contribution in [1.29, 1.82) is 5.26 Å². The van der Waals surface area contributed by atoms with Gasteiger partial charge in [-0.2, -0.15) is 5.26 Å². The van der Waals surface area contributed by atoms with Gasteiger partial charge >= 0.3 is 6.09 Å². The molecule has 0 heterocycles. The molecule has 0 bridgehead atoms. The summed E-state index contributed by atoms with van der Waals surface area (Å²) in [5.74, 6) is -0.642. The first-order valence-electron chi connectivity index (χ1n) is 6.41. The predicted octanol–water partition coefficient (Wildman–Crippen LogP) is 2.79. The lowest BCUT2D eigenvalue weighted by Gasteiger charge is -2.19. The van der Waals surface area contributed by atoms with Crippen LogP contribution in [0.4, 0.5) is 9.18 Å². The van der Waals surface area contributed by atoms with E-state index in [0.717, 1.165) is 6.07 Å². The lowest BCUT2D eigenvalue weighted by atomic mass is 10.2. The number of nitriles is 1. The van der Waals surface area contributed by atoms with Gasteiger partial charge in [0.25, 0.3) is 0 Å². The summed E-state index contributed by atoms with van der Waals surface area (Å²) in [6.07, 6.45) is 2.05. The lowest BCUT2D eigenvalue weighted by molar-refractivity contribution is 0.0523. The van der Waals surface area contributed by atoms with Gasteiger partial charge in [-0.3, -0.25) is 0 Å². The fraction of sp³-hybridized carbons (Fsp3) is 0.429. The third-order valence-electron chi connectivity index (χ3n) is 2.50. The number of amides is 1. The molecule has 0 aliphatic rings. The number of benzene rings is 1. The van der Waals surface area contributed by atoms with Crippen LogP contribution in [0.15, 0.2) is 27.5 Å². The van der Waals surface area contributed by atoms with Gasteiger partial charge in [0.05, 0.1) is 14.6 Å². The molecule has 120 valence electrons. The standard InChI is InChI=1S/C14H18FN3O3S/c1-14(2,3)21-13(19)17-8-10-5-6-11(7-12(10)15)22(4,20)18-9-16/h5-7H,8H2,1-4H3,(H,17,19)/t22-/m1/s1. The van der Waals surface area contributed by atoms with E-state index in [0.29, 0.717) is 0 Å². The summed E-state index contributed by atoms with van der Waals surface area (Å²) in [5.41, 5.74) is -0.430. The van der Waals surface area contributed by atoms with Gasteiger partial charge in [0.15, 0.2) is 0 Å². The second-order valence-corrected chi connectivity index (χ2v) is 7.86. The number of carbonyl (C=O) groups is 1. The number of alkyl carbamates (subject to hydrolysis) is 1. The van der Waals surface area contributed by atoms with Crippen molar-refractivity contribution in [2.24, 2.45) is 4.36 Å². The van der Waals surface area contributed by atoms with E-state index in [2.05, 4.69) is 9.68 Å². The Kier molecular flexibility index (Phi) is 5.49. The largest absolute Gasteiger partial charge is 0.444 e. The molecule has 0 aliphatic heterocycles. The maximum atomic E-state index is 14.0. The van der Waals surface area contributed by atoms with Crippen molar-refractivity contribution in [2.45, 2.75) is 37.8 Å². The lowest BCUT2D eigenvalue weighted by Crippen LogP contribution is -2.32. The van der Waals surface area contributed by atoms with Crippen molar-refractivity contribution < 1.29 is 18.1 Å². The molecular weight excluding hydrogens is 309 g/mol. The smallest absolute Gasteiger partial charge is 0.407 e. The van der Waals surface area contributed by atoms with Gasteiger partial charge in [0.1, 0.15) is 11.4 Å². The van der Waals surface area contributed by atoms with E-state index in [1.54, 1.807) is 20.8 Å². The molecule has 6 nitrogen and oxygen atoms in total. The van der Waals surface area contributed by atoms with Gasteiger partial charge in [0, 0.05) is 18.4 Å². The van der Waals surface area contributed by atoms with Crippen molar-refractivity contribution >= 4 is 15.8 Å². The van der Waals surface area contributed by atoms with Crippen molar-refractivity contribution in [1.82, 2.24) is 5.32 Å². The number of ether oxygens (including phenoxy) is 1. The predicted molar refractivity (Wildman–Crippen MR) is 79.8 cm³/mol. The molecule has 0 fully saturated rings. The zero-order valence-corrected chi connectivity index (χ0v) is 13.7. The Morgan fingerprint density at radius 2 is 2.14 bits per heavy atom. The highest BCUT2D eigenvalue weighted by Crippen LogP contribution is 2.16. The second kappa shape index (κ2) is 6.75. The van der Waals surface area contributed by atoms with Gasteiger partial charge < -0.3 is 10.1 Å². The van der Waals surface area contributed by atoms with Gasteiger partial charge in [-0.05, 0) is 32.9 Å². The number of hydrogen-bond donors (Lipinski definition) is 1. The van der Waals surface area contributed by atoms with Crippen LogP contribution >= 0.6 is 0 Å². The number of carbonyl (C=O) groups excluding carboxylic acids is 1. The van der Waals surface area contributed by atoms with Crippen LogP contribution in [-0.2, 0) is 21.0 Å². The van der Waals surface area contributed by atoms with Crippen LogP contribution in [0.1, 0.15) is 26.3 Å². The third kappa shape index (κ3) is 5.33. The third-order valence-corrected chi connectivity index (χ3v) is 4.06. The van der Waals surface area contributed by atoms with Crippen molar-refractivity contribution in [3.05, 3.63) is 29.6 Å². The van der Waals surface area contributed by atoms with Crippen LogP contribution in [0, 0.1) is 17.3 Å². The number of halogens is 1. The molecule has 0 spiro atoms. The Hall–Kier alpha value is -2.14. The molecule has 22 heavy (non-hydrogen) atoms. The molecule has 1 aromatic rings. The van der Waals surface area contributed by atoms with E-state index < -0.39 is 27.2 Å². The van der Waals surface area contributed by atoms with E-state index >= 15 is 0 Å². The highest BCUT2D eigenvalue weighted by atomic mass is 32.2. The van der Waals surface area contributed by atoms with Crippen LogP contribution in [0.3, 0.4) is 0 Å². The molecule has 8 heteroatoms. The molecule has 1 aromatic carbocycles. The van der Waals surface area contributed by atoms with Crippen molar-refractivity contribution in [2.75, 3.05) is 6.26 Å². The number of hydrogen-bond acceptors (Lipinski definition) is 5. The maximum Gasteiger partial charge on any atom is 0.407 e. The fourth-order valence-corrected chi connectivity index (χ4v) is 2.42. The van der Waals surface area contributed by atoms with E-state index in [4.69, 9.17) is 10.00 Å². The highest BCUT2D eigenvalue weighted by molar-refractivity contribution is 7.93. The minimum atomic E-state index is -2.94. The van der Waals surface area contributed by atoms with Crippen LogP contribution in [0.25, 0.3) is 0 Å². The monoisotopic (exact) mass is 327 g/mol. The van der Waals surface area contributed by atoms with Gasteiger partial charge in [-0.15, -0.1) is 4.36 Å². The van der Waals surface area contributed by atoms with Crippen molar-refractivity contribution in [3.63, 3.8) is 0 Å². The first kappa shape index (κ1) is 17.9. The first-order chi connectivity index (χ1) is 10.0. The average molecular weight is 327 g/mol. The van der Waals surface area contributed by atoms with Gasteiger partial charge in [-0.25, -0.2) is 13.4 Å². The van der Waals surface area contributed by atoms with Crippen LogP contribution < -0.4 is 5.32 Å². The summed E-state index contributed by atoms with van der Waals surface area (Å²) in [5, 5.41) is 10.9. The molecule has 0 aliphatic carbocycles. The Balaban J connectivity index is 2.85. The normalized spacial score (nSPS) is 13.6. The van der Waals surface area contributed by atoms with E-state index in [1.165, 1.54) is 24.6 Å². The molecule has 0 saturated carbocycles. The Bertz CT molecular complexity index is 726. The highest BCUT2D eigenvalue weighted by Gasteiger charge is 2.16. The number of nitrogens with zero attached hydrogens (tertiary/aromatic N) is 2. The average Bonchev–Trinajstić information content (AvgIpc) is 2.35. The van der Waals surface area contributed by atoms with Crippen LogP contribution in [-0.4, -0.2) is 22.2 Å². The number of nitrogens with one attached hydrogen (secondary N) is 1. The fourth-order valence-electron chi connectivity index (χ4n) is 1.52. The second-order valence-electron chi connectivity index (χ2n) is 5.60. The summed E-state index contributed by atoms with van der Waals surface area (Å²) in [6.45, 7) is 5.09. The molecule has 0 radical (unpaired) electrons. The van der Waals surface area contributed by atoms with Gasteiger partial charge in [0.2, 0.25) is 6.19 Å². The quantitative estimate of drug-likeness (QED) is 0.864. The van der Waals surface area contributed by atoms with Crippen LogP contribution in [0.2, 0.25) is 0 Å². The molecule has 0 saturated heterocycles. The number of rotatable bonds is 3. The summed E-state index contributed by atoms with van der Waals surface area (Å²) in [7, 11) is -2.94. The Labute approximate surface area is 129 Å². The van der Waals surface area contributed by atoms with E-state index in [-0.39, 0.29) is 17.0 Å². The zero-order valence-electron chi connectivity index (χ0n) is 12.8. The molecule has 1 N–H and O–H groups in total. The minimum Gasteiger partial charge on any atom is -0.444 e. The molecule has 1 rings (SSSR count). The minimum absolute atomic E-state index is 0.0681. The summed E-state index contributed by atoms with van der Waals surface area (Å²) < 4.78 is 34.3. The molecule has 0 aromatic heterocycles. The van der Waals surface area contributed by atoms with Gasteiger partial charge in [-0.1, -0.05) is 6.07 Å². The Morgan fingerprint density at radius 3 is 2.64 bits per heavy atom. The SMILES string of the molecule is CC(C)(C)OC(=O)NCc1ccc([S@@](C)(=O)=NC#N)cc1F.